The van der Waals surface area contributed by atoms with Gasteiger partial charge < -0.3 is 5.73 Å². The molecule has 5 heteroatoms. The molecule has 84 valence electrons. The molecule has 1 aromatic rings. The van der Waals surface area contributed by atoms with Gasteiger partial charge in [0.2, 0.25) is 0 Å². The van der Waals surface area contributed by atoms with Crippen LogP contribution in [0, 0.1) is 0 Å². The van der Waals surface area contributed by atoms with Crippen LogP contribution in [-0.4, -0.2) is 22.1 Å². The number of rotatable bonds is 5. The molecule has 1 aromatic heterocycles. The van der Waals surface area contributed by atoms with Crippen molar-refractivity contribution >= 4 is 21.7 Å². The molecule has 0 atom stereocenters. The molecule has 1 heterocycles. The fraction of sp³-hybridized carbons (Fsp3) is 0.600. The van der Waals surface area contributed by atoms with Crippen molar-refractivity contribution in [1.29, 1.82) is 0 Å². The lowest BCUT2D eigenvalue weighted by atomic mass is 10.1. The molecule has 1 rings (SSSR count). The number of Topliss-reactive ketones (excluding diaryl/α,β-unsaturated/α-hetero) is 1. The predicted molar refractivity (Wildman–Crippen MR) is 62.7 cm³/mol. The number of aromatic nitrogens is 2. The molecule has 0 saturated carbocycles. The molecule has 0 aliphatic rings. The molecule has 0 radical (unpaired) electrons. The van der Waals surface area contributed by atoms with Crippen LogP contribution in [0.4, 0.5) is 0 Å². The van der Waals surface area contributed by atoms with Crippen LogP contribution < -0.4 is 5.73 Å². The van der Waals surface area contributed by atoms with E-state index in [2.05, 4.69) is 21.0 Å². The second-order valence-electron chi connectivity index (χ2n) is 3.44. The molecule has 4 nitrogen and oxygen atoms in total. The van der Waals surface area contributed by atoms with E-state index < -0.39 is 0 Å². The van der Waals surface area contributed by atoms with E-state index in [0.717, 1.165) is 22.3 Å². The average molecular weight is 274 g/mol. The third-order valence-corrected chi connectivity index (χ3v) is 3.21. The summed E-state index contributed by atoms with van der Waals surface area (Å²) in [6.45, 7) is 2.45. The Kier molecular flexibility index (Phi) is 4.47. The standard InChI is InChI=1S/C10H16BrN3O/c1-3-8-10(11)9(14(2)13-8)6-7(15)4-5-12/h3-6,12H2,1-2H3. The lowest BCUT2D eigenvalue weighted by molar-refractivity contribution is -0.118. The zero-order valence-corrected chi connectivity index (χ0v) is 10.7. The summed E-state index contributed by atoms with van der Waals surface area (Å²) in [6, 6.07) is 0. The average Bonchev–Trinajstić information content (AvgIpc) is 2.45. The van der Waals surface area contributed by atoms with E-state index in [1.807, 2.05) is 14.0 Å². The predicted octanol–water partition coefficient (Wildman–Crippen LogP) is 1.21. The Morgan fingerprint density at radius 3 is 2.73 bits per heavy atom. The molecule has 0 aliphatic carbocycles. The van der Waals surface area contributed by atoms with Gasteiger partial charge in [0.25, 0.3) is 0 Å². The maximum Gasteiger partial charge on any atom is 0.140 e. The van der Waals surface area contributed by atoms with Gasteiger partial charge in [-0.2, -0.15) is 5.10 Å². The van der Waals surface area contributed by atoms with Crippen LogP contribution in [0.5, 0.6) is 0 Å². The molecule has 2 N–H and O–H groups in total. The number of ketones is 1. The zero-order chi connectivity index (χ0) is 11.4. The molecule has 0 spiro atoms. The van der Waals surface area contributed by atoms with Gasteiger partial charge in [0.15, 0.2) is 0 Å². The molecule has 0 aliphatic heterocycles. The first-order valence-electron chi connectivity index (χ1n) is 5.02. The minimum absolute atomic E-state index is 0.156. The molecule has 0 unspecified atom stereocenters. The Balaban J connectivity index is 2.85. The number of hydrogen-bond donors (Lipinski definition) is 1. The van der Waals surface area contributed by atoms with Crippen molar-refractivity contribution in [3.05, 3.63) is 15.9 Å². The maximum atomic E-state index is 11.5. The molecule has 0 aromatic carbocycles. The Morgan fingerprint density at radius 2 is 2.27 bits per heavy atom. The van der Waals surface area contributed by atoms with E-state index in [0.29, 0.717) is 19.4 Å². The second-order valence-corrected chi connectivity index (χ2v) is 4.23. The highest BCUT2D eigenvalue weighted by atomic mass is 79.9. The summed E-state index contributed by atoms with van der Waals surface area (Å²) >= 11 is 3.48. The number of nitrogens with two attached hydrogens (primary N) is 1. The lowest BCUT2D eigenvalue weighted by Crippen LogP contribution is -2.12. The van der Waals surface area contributed by atoms with Crippen LogP contribution in [0.2, 0.25) is 0 Å². The third kappa shape index (κ3) is 2.89. The molecule has 0 saturated heterocycles. The van der Waals surface area contributed by atoms with Crippen molar-refractivity contribution in [1.82, 2.24) is 9.78 Å². The van der Waals surface area contributed by atoms with Crippen molar-refractivity contribution in [2.24, 2.45) is 12.8 Å². The van der Waals surface area contributed by atoms with E-state index in [4.69, 9.17) is 5.73 Å². The summed E-state index contributed by atoms with van der Waals surface area (Å²) in [5, 5.41) is 4.33. The Morgan fingerprint density at radius 1 is 1.60 bits per heavy atom. The summed E-state index contributed by atoms with van der Waals surface area (Å²) in [5.74, 6) is 0.156. The highest BCUT2D eigenvalue weighted by Crippen LogP contribution is 2.22. The van der Waals surface area contributed by atoms with E-state index in [9.17, 15) is 4.79 Å². The summed E-state index contributed by atoms with van der Waals surface area (Å²) < 4.78 is 2.72. The van der Waals surface area contributed by atoms with E-state index in [1.54, 1.807) is 4.68 Å². The Labute approximate surface area is 98.0 Å². The van der Waals surface area contributed by atoms with Gasteiger partial charge in [-0.25, -0.2) is 0 Å². The van der Waals surface area contributed by atoms with Crippen LogP contribution >= 0.6 is 15.9 Å². The van der Waals surface area contributed by atoms with Gasteiger partial charge in [0.05, 0.1) is 15.9 Å². The number of halogens is 1. The summed E-state index contributed by atoms with van der Waals surface area (Å²) in [7, 11) is 1.86. The van der Waals surface area contributed by atoms with E-state index in [1.165, 1.54) is 0 Å². The first kappa shape index (κ1) is 12.4. The minimum Gasteiger partial charge on any atom is -0.330 e. The van der Waals surface area contributed by atoms with Crippen LogP contribution in [-0.2, 0) is 24.7 Å². The fourth-order valence-electron chi connectivity index (χ4n) is 1.45. The summed E-state index contributed by atoms with van der Waals surface area (Å²) in [5.41, 5.74) is 7.26. The molecule has 0 fully saturated rings. The van der Waals surface area contributed by atoms with Crippen LogP contribution in [0.25, 0.3) is 0 Å². The van der Waals surface area contributed by atoms with Crippen LogP contribution in [0.1, 0.15) is 24.7 Å². The van der Waals surface area contributed by atoms with Gasteiger partial charge in [-0.05, 0) is 28.9 Å². The SMILES string of the molecule is CCc1nn(C)c(CC(=O)CCN)c1Br. The lowest BCUT2D eigenvalue weighted by Gasteiger charge is -2.01. The van der Waals surface area contributed by atoms with Gasteiger partial charge >= 0.3 is 0 Å². The van der Waals surface area contributed by atoms with Crippen LogP contribution in [0.15, 0.2) is 4.47 Å². The monoisotopic (exact) mass is 273 g/mol. The number of hydrogen-bond acceptors (Lipinski definition) is 3. The Bertz CT molecular complexity index is 360. The first-order chi connectivity index (χ1) is 7.10. The fourth-order valence-corrected chi connectivity index (χ4v) is 2.20. The summed E-state index contributed by atoms with van der Waals surface area (Å²) in [4.78, 5) is 11.5. The quantitative estimate of drug-likeness (QED) is 0.877. The van der Waals surface area contributed by atoms with Gasteiger partial charge in [-0.1, -0.05) is 6.92 Å². The number of carbonyl (C=O) groups is 1. The van der Waals surface area contributed by atoms with Crippen LogP contribution in [0.3, 0.4) is 0 Å². The molecule has 0 bridgehead atoms. The van der Waals surface area contributed by atoms with Gasteiger partial charge in [0, 0.05) is 19.9 Å². The summed E-state index contributed by atoms with van der Waals surface area (Å²) in [6.07, 6.45) is 1.69. The highest BCUT2D eigenvalue weighted by Gasteiger charge is 2.14. The molecular formula is C10H16BrN3O. The van der Waals surface area contributed by atoms with Crippen molar-refractivity contribution in [3.8, 4) is 0 Å². The Hall–Kier alpha value is -0.680. The molecule has 15 heavy (non-hydrogen) atoms. The van der Waals surface area contributed by atoms with Crippen molar-refractivity contribution < 1.29 is 4.79 Å². The van der Waals surface area contributed by atoms with Gasteiger partial charge in [0.1, 0.15) is 5.78 Å². The number of aryl methyl sites for hydroxylation is 2. The first-order valence-corrected chi connectivity index (χ1v) is 5.81. The minimum atomic E-state index is 0.156. The maximum absolute atomic E-state index is 11.5. The van der Waals surface area contributed by atoms with E-state index >= 15 is 0 Å². The zero-order valence-electron chi connectivity index (χ0n) is 9.09. The van der Waals surface area contributed by atoms with Crippen molar-refractivity contribution in [3.63, 3.8) is 0 Å². The number of carbonyl (C=O) groups excluding carboxylic acids is 1. The smallest absolute Gasteiger partial charge is 0.140 e. The van der Waals surface area contributed by atoms with Gasteiger partial charge in [-0.3, -0.25) is 9.48 Å². The number of nitrogens with zero attached hydrogens (tertiary/aromatic N) is 2. The largest absolute Gasteiger partial charge is 0.330 e. The van der Waals surface area contributed by atoms with Gasteiger partial charge in [-0.15, -0.1) is 0 Å². The third-order valence-electron chi connectivity index (χ3n) is 2.29. The topological polar surface area (TPSA) is 60.9 Å². The normalized spacial score (nSPS) is 10.7. The molecule has 0 amide bonds. The molecular weight excluding hydrogens is 258 g/mol. The highest BCUT2D eigenvalue weighted by molar-refractivity contribution is 9.10. The van der Waals surface area contributed by atoms with E-state index in [-0.39, 0.29) is 5.78 Å². The van der Waals surface area contributed by atoms with Crippen molar-refractivity contribution in [2.45, 2.75) is 26.2 Å². The van der Waals surface area contributed by atoms with Crippen molar-refractivity contribution in [2.75, 3.05) is 6.54 Å². The second kappa shape index (κ2) is 5.42.